The lowest BCUT2D eigenvalue weighted by molar-refractivity contribution is 0.102. The average Bonchev–Trinajstić information content (AvgIpc) is 2.76. The number of ether oxygens (including phenoxy) is 1. The van der Waals surface area contributed by atoms with Gasteiger partial charge in [-0.3, -0.25) is 4.79 Å². The maximum Gasteiger partial charge on any atom is 0.336 e. The van der Waals surface area contributed by atoms with Gasteiger partial charge in [-0.05, 0) is 61.0 Å². The molecule has 0 saturated carbocycles. The number of urea groups is 1. The molecule has 6 nitrogen and oxygen atoms in total. The maximum atomic E-state index is 13.7. The zero-order chi connectivity index (χ0) is 22.5. The van der Waals surface area contributed by atoms with Crippen molar-refractivity contribution in [1.82, 2.24) is 0 Å². The molecule has 0 atom stereocenters. The Morgan fingerprint density at radius 3 is 2.39 bits per heavy atom. The molecular formula is C22H19ClFN3O3S. The molecule has 0 spiro atoms. The minimum atomic E-state index is -0.610. The molecule has 0 aromatic heterocycles. The molecule has 3 rings (SSSR count). The summed E-state index contributed by atoms with van der Waals surface area (Å²) in [5, 5.41) is 5.78. The van der Waals surface area contributed by atoms with Crippen LogP contribution in [-0.4, -0.2) is 19.0 Å². The lowest BCUT2D eigenvalue weighted by atomic mass is 10.2. The number of thiol groups is 1. The number of rotatable bonds is 5. The second kappa shape index (κ2) is 9.72. The lowest BCUT2D eigenvalue weighted by Gasteiger charge is -2.19. The van der Waals surface area contributed by atoms with Crippen LogP contribution < -0.4 is 19.7 Å². The van der Waals surface area contributed by atoms with Crippen LogP contribution >= 0.6 is 24.4 Å². The first-order chi connectivity index (χ1) is 14.8. The second-order valence-corrected chi connectivity index (χ2v) is 7.33. The van der Waals surface area contributed by atoms with Crippen LogP contribution in [-0.2, 0) is 0 Å². The number of carbonyl (C=O) groups is 2. The van der Waals surface area contributed by atoms with Crippen molar-refractivity contribution in [2.24, 2.45) is 0 Å². The molecular weight excluding hydrogens is 441 g/mol. The number of amides is 3. The van der Waals surface area contributed by atoms with E-state index in [9.17, 15) is 14.0 Å². The average molecular weight is 460 g/mol. The molecule has 0 radical (unpaired) electrons. The minimum Gasteiger partial charge on any atom is -0.495 e. The van der Waals surface area contributed by atoms with Gasteiger partial charge in [0.1, 0.15) is 11.6 Å². The second-order valence-electron chi connectivity index (χ2n) is 6.52. The minimum absolute atomic E-state index is 0.0625. The summed E-state index contributed by atoms with van der Waals surface area (Å²) in [6.07, 6.45) is 0. The van der Waals surface area contributed by atoms with E-state index in [0.29, 0.717) is 27.8 Å². The van der Waals surface area contributed by atoms with Crippen LogP contribution in [0.1, 0.15) is 15.9 Å². The fraction of sp³-hybridized carbons (Fsp3) is 0.0909. The van der Waals surface area contributed by atoms with Gasteiger partial charge in [0, 0.05) is 10.7 Å². The van der Waals surface area contributed by atoms with E-state index in [-0.39, 0.29) is 5.56 Å². The van der Waals surface area contributed by atoms with Crippen molar-refractivity contribution in [1.29, 1.82) is 0 Å². The van der Waals surface area contributed by atoms with Gasteiger partial charge in [-0.1, -0.05) is 36.5 Å². The predicted octanol–water partition coefficient (Wildman–Crippen LogP) is 5.93. The number of carbonyl (C=O) groups excluding carboxylic acids is 2. The summed E-state index contributed by atoms with van der Waals surface area (Å²) in [6.45, 7) is 1.83. The van der Waals surface area contributed by atoms with Gasteiger partial charge in [0.2, 0.25) is 0 Å². The van der Waals surface area contributed by atoms with Crippen molar-refractivity contribution in [3.63, 3.8) is 0 Å². The third-order valence-electron chi connectivity index (χ3n) is 4.40. The highest BCUT2D eigenvalue weighted by Gasteiger charge is 2.16. The Hall–Kier alpha value is -3.23. The van der Waals surface area contributed by atoms with Crippen molar-refractivity contribution in [2.45, 2.75) is 6.92 Å². The van der Waals surface area contributed by atoms with E-state index in [1.54, 1.807) is 42.5 Å². The molecule has 160 valence electrons. The van der Waals surface area contributed by atoms with Gasteiger partial charge < -0.3 is 15.4 Å². The van der Waals surface area contributed by atoms with Gasteiger partial charge in [-0.25, -0.2) is 13.5 Å². The standard InChI is InChI=1S/C22H19ClFN3O3S/c1-13-11-20(30-2)19(12-17(13)23)26-22(29)27(31)15-9-7-14(8-10-15)25-21(28)16-5-3-4-6-18(16)24/h3-12,31H,1-2H3,(H,25,28)(H,26,29). The monoisotopic (exact) mass is 459 g/mol. The van der Waals surface area contributed by atoms with Gasteiger partial charge >= 0.3 is 6.03 Å². The van der Waals surface area contributed by atoms with Crippen molar-refractivity contribution in [3.8, 4) is 5.75 Å². The molecule has 0 heterocycles. The van der Waals surface area contributed by atoms with Crippen LogP contribution in [0.25, 0.3) is 0 Å². The summed E-state index contributed by atoms with van der Waals surface area (Å²) < 4.78 is 20.1. The molecule has 3 aromatic rings. The molecule has 3 aromatic carbocycles. The van der Waals surface area contributed by atoms with Crippen molar-refractivity contribution >= 4 is 53.4 Å². The van der Waals surface area contributed by atoms with Crippen LogP contribution in [0.2, 0.25) is 5.02 Å². The Morgan fingerprint density at radius 2 is 1.74 bits per heavy atom. The Bertz CT molecular complexity index is 1130. The number of nitrogens with zero attached hydrogens (tertiary/aromatic N) is 1. The Morgan fingerprint density at radius 1 is 1.06 bits per heavy atom. The molecule has 2 N–H and O–H groups in total. The number of anilines is 3. The zero-order valence-electron chi connectivity index (χ0n) is 16.6. The van der Waals surface area contributed by atoms with E-state index in [1.165, 1.54) is 25.3 Å². The number of methoxy groups -OCH3 is 1. The topological polar surface area (TPSA) is 70.7 Å². The third-order valence-corrected chi connectivity index (χ3v) is 5.22. The number of benzene rings is 3. The molecule has 0 bridgehead atoms. The highest BCUT2D eigenvalue weighted by molar-refractivity contribution is 7.82. The van der Waals surface area contributed by atoms with Gasteiger partial charge in [-0.15, -0.1) is 0 Å². The van der Waals surface area contributed by atoms with Gasteiger partial charge in [0.25, 0.3) is 5.91 Å². The Kier molecular flexibility index (Phi) is 7.04. The van der Waals surface area contributed by atoms with Crippen LogP contribution in [0.5, 0.6) is 5.75 Å². The normalized spacial score (nSPS) is 10.4. The molecule has 0 fully saturated rings. The number of nitrogens with one attached hydrogen (secondary N) is 2. The van der Waals surface area contributed by atoms with E-state index in [2.05, 4.69) is 23.4 Å². The van der Waals surface area contributed by atoms with Crippen molar-refractivity contribution < 1.29 is 18.7 Å². The van der Waals surface area contributed by atoms with Crippen molar-refractivity contribution in [2.75, 3.05) is 22.0 Å². The molecule has 0 aliphatic carbocycles. The highest BCUT2D eigenvalue weighted by Crippen LogP contribution is 2.31. The molecule has 0 aliphatic heterocycles. The smallest absolute Gasteiger partial charge is 0.336 e. The van der Waals surface area contributed by atoms with Crippen LogP contribution in [0.15, 0.2) is 60.7 Å². The summed E-state index contributed by atoms with van der Waals surface area (Å²) in [4.78, 5) is 24.8. The van der Waals surface area contributed by atoms with Gasteiger partial charge in [-0.2, -0.15) is 0 Å². The SMILES string of the molecule is COc1cc(C)c(Cl)cc1NC(=O)N(S)c1ccc(NC(=O)c2ccccc2F)cc1. The van der Waals surface area contributed by atoms with Crippen LogP contribution in [0.4, 0.5) is 26.2 Å². The van der Waals surface area contributed by atoms with E-state index in [0.717, 1.165) is 9.87 Å². The molecule has 9 heteroatoms. The van der Waals surface area contributed by atoms with E-state index >= 15 is 0 Å². The molecule has 0 unspecified atom stereocenters. The van der Waals surface area contributed by atoms with Gasteiger partial charge in [0.05, 0.1) is 24.0 Å². The molecule has 0 aliphatic rings. The first kappa shape index (κ1) is 22.5. The summed E-state index contributed by atoms with van der Waals surface area (Å²) in [6, 6.07) is 14.8. The summed E-state index contributed by atoms with van der Waals surface area (Å²) >= 11 is 10.4. The fourth-order valence-electron chi connectivity index (χ4n) is 2.74. The highest BCUT2D eigenvalue weighted by atomic mass is 35.5. The van der Waals surface area contributed by atoms with Crippen molar-refractivity contribution in [3.05, 3.63) is 82.6 Å². The molecule has 31 heavy (non-hydrogen) atoms. The Balaban J connectivity index is 1.69. The first-order valence-electron chi connectivity index (χ1n) is 9.10. The first-order valence-corrected chi connectivity index (χ1v) is 9.88. The summed E-state index contributed by atoms with van der Waals surface area (Å²) in [5.41, 5.74) is 2.03. The number of halogens is 2. The maximum absolute atomic E-state index is 13.7. The zero-order valence-corrected chi connectivity index (χ0v) is 18.3. The largest absolute Gasteiger partial charge is 0.495 e. The van der Waals surface area contributed by atoms with Gasteiger partial charge in [0.15, 0.2) is 0 Å². The summed E-state index contributed by atoms with van der Waals surface area (Å²) in [5.74, 6) is -0.723. The number of hydrogen-bond donors (Lipinski definition) is 3. The summed E-state index contributed by atoms with van der Waals surface area (Å²) in [7, 11) is 1.49. The number of hydrogen-bond acceptors (Lipinski definition) is 4. The van der Waals surface area contributed by atoms with Crippen LogP contribution in [0.3, 0.4) is 0 Å². The van der Waals surface area contributed by atoms with E-state index in [4.69, 9.17) is 16.3 Å². The quantitative estimate of drug-likeness (QED) is 0.414. The predicted molar refractivity (Wildman–Crippen MR) is 124 cm³/mol. The fourth-order valence-corrected chi connectivity index (χ4v) is 3.08. The molecule has 0 saturated heterocycles. The third kappa shape index (κ3) is 5.28. The van der Waals surface area contributed by atoms with Crippen LogP contribution in [0, 0.1) is 12.7 Å². The molecule has 3 amide bonds. The van der Waals surface area contributed by atoms with E-state index < -0.39 is 17.8 Å². The van der Waals surface area contributed by atoms with E-state index in [1.807, 2.05) is 6.92 Å². The lowest BCUT2D eigenvalue weighted by Crippen LogP contribution is -2.27. The number of aryl methyl sites for hydroxylation is 1. The Labute approximate surface area is 189 Å².